The Morgan fingerprint density at radius 2 is 2.00 bits per heavy atom. The zero-order valence-electron chi connectivity index (χ0n) is 14.9. The van der Waals surface area contributed by atoms with Gasteiger partial charge in [0.1, 0.15) is 18.4 Å². The first-order valence-electron chi connectivity index (χ1n) is 8.48. The fraction of sp³-hybridized carbons (Fsp3) is 0.278. The predicted octanol–water partition coefficient (Wildman–Crippen LogP) is 0.582. The molecule has 0 aliphatic rings. The third-order valence-electron chi connectivity index (χ3n) is 3.95. The van der Waals surface area contributed by atoms with Crippen molar-refractivity contribution in [1.29, 1.82) is 0 Å². The Labute approximate surface area is 155 Å². The maximum atomic E-state index is 12.0. The smallest absolute Gasteiger partial charge is 0.266 e. The molecule has 2 aromatic heterocycles. The molecule has 2 heterocycles. The van der Waals surface area contributed by atoms with Crippen LogP contribution >= 0.6 is 0 Å². The van der Waals surface area contributed by atoms with E-state index in [0.29, 0.717) is 25.2 Å². The summed E-state index contributed by atoms with van der Waals surface area (Å²) in [4.78, 5) is 27.8. The molecule has 0 aliphatic heterocycles. The van der Waals surface area contributed by atoms with Crippen LogP contribution in [-0.2, 0) is 17.8 Å². The fourth-order valence-electron chi connectivity index (χ4n) is 2.49. The number of hydrogen-bond acceptors (Lipinski definition) is 6. The largest absolute Gasteiger partial charge is 0.497 e. The molecule has 0 saturated heterocycles. The van der Waals surface area contributed by atoms with E-state index in [1.807, 2.05) is 24.3 Å². The third kappa shape index (κ3) is 5.00. The molecule has 1 amide bonds. The monoisotopic (exact) mass is 368 g/mol. The van der Waals surface area contributed by atoms with Crippen molar-refractivity contribution >= 4 is 5.91 Å². The Kier molecular flexibility index (Phi) is 5.93. The maximum Gasteiger partial charge on any atom is 0.266 e. The second kappa shape index (κ2) is 8.75. The van der Waals surface area contributed by atoms with E-state index < -0.39 is 0 Å². The number of rotatable bonds is 8. The Balaban J connectivity index is 1.48. The van der Waals surface area contributed by atoms with Crippen molar-refractivity contribution in [2.45, 2.75) is 19.4 Å². The highest BCUT2D eigenvalue weighted by Crippen LogP contribution is 2.12. The number of methoxy groups -OCH3 is 1. The van der Waals surface area contributed by atoms with Gasteiger partial charge < -0.3 is 10.1 Å². The van der Waals surface area contributed by atoms with Gasteiger partial charge in [0.15, 0.2) is 5.82 Å². The van der Waals surface area contributed by atoms with E-state index in [0.717, 1.165) is 11.3 Å². The van der Waals surface area contributed by atoms with E-state index in [4.69, 9.17) is 4.74 Å². The third-order valence-corrected chi connectivity index (χ3v) is 3.95. The van der Waals surface area contributed by atoms with Gasteiger partial charge in [0, 0.05) is 19.0 Å². The van der Waals surface area contributed by atoms with Gasteiger partial charge in [-0.3, -0.25) is 9.59 Å². The molecule has 27 heavy (non-hydrogen) atoms. The Morgan fingerprint density at radius 3 is 2.70 bits per heavy atom. The van der Waals surface area contributed by atoms with Crippen molar-refractivity contribution < 1.29 is 9.53 Å². The van der Waals surface area contributed by atoms with Crippen molar-refractivity contribution in [3.63, 3.8) is 0 Å². The Hall–Kier alpha value is -3.49. The molecule has 9 nitrogen and oxygen atoms in total. The van der Waals surface area contributed by atoms with Crippen LogP contribution in [0.5, 0.6) is 5.75 Å². The van der Waals surface area contributed by atoms with E-state index in [1.165, 1.54) is 28.1 Å². The van der Waals surface area contributed by atoms with Crippen LogP contribution in [0.4, 0.5) is 0 Å². The summed E-state index contributed by atoms with van der Waals surface area (Å²) in [6, 6.07) is 10.6. The van der Waals surface area contributed by atoms with Crippen LogP contribution in [0.25, 0.3) is 5.82 Å². The van der Waals surface area contributed by atoms with Gasteiger partial charge >= 0.3 is 0 Å². The van der Waals surface area contributed by atoms with Crippen LogP contribution in [-0.4, -0.2) is 44.1 Å². The molecule has 3 aromatic rings. The zero-order chi connectivity index (χ0) is 19.1. The molecule has 0 fully saturated rings. The molecule has 0 aliphatic carbocycles. The lowest BCUT2D eigenvalue weighted by molar-refractivity contribution is -0.121. The van der Waals surface area contributed by atoms with Crippen LogP contribution in [0.3, 0.4) is 0 Å². The lowest BCUT2D eigenvalue weighted by Gasteiger charge is -2.08. The summed E-state index contributed by atoms with van der Waals surface area (Å²) in [7, 11) is 1.62. The molecule has 0 bridgehead atoms. The molecule has 1 aromatic carbocycles. The highest BCUT2D eigenvalue weighted by atomic mass is 16.5. The predicted molar refractivity (Wildman–Crippen MR) is 97.7 cm³/mol. The minimum absolute atomic E-state index is 0.0775. The molecule has 0 saturated carbocycles. The highest BCUT2D eigenvalue weighted by molar-refractivity contribution is 5.76. The van der Waals surface area contributed by atoms with Gasteiger partial charge in [0.2, 0.25) is 5.91 Å². The number of carbonyl (C=O) groups excluding carboxylic acids is 1. The van der Waals surface area contributed by atoms with Crippen molar-refractivity contribution in [1.82, 2.24) is 29.9 Å². The number of aromatic nitrogens is 5. The maximum absolute atomic E-state index is 12.0. The normalized spacial score (nSPS) is 10.6. The van der Waals surface area contributed by atoms with Crippen LogP contribution in [0, 0.1) is 0 Å². The van der Waals surface area contributed by atoms with E-state index in [1.54, 1.807) is 13.2 Å². The summed E-state index contributed by atoms with van der Waals surface area (Å²) in [5.41, 5.74) is 0.815. The quantitative estimate of drug-likeness (QED) is 0.624. The molecular weight excluding hydrogens is 348 g/mol. The van der Waals surface area contributed by atoms with Gasteiger partial charge in [0.25, 0.3) is 5.56 Å². The first-order valence-corrected chi connectivity index (χ1v) is 8.48. The SMILES string of the molecule is COc1ccc(CCC(=O)NCCn2nc(-n3cncn3)ccc2=O)cc1. The minimum Gasteiger partial charge on any atom is -0.497 e. The number of carbonyl (C=O) groups is 1. The van der Waals surface area contributed by atoms with Crippen molar-refractivity contribution in [3.05, 3.63) is 65.0 Å². The second-order valence-corrected chi connectivity index (χ2v) is 5.79. The first-order chi connectivity index (χ1) is 13.2. The van der Waals surface area contributed by atoms with Gasteiger partial charge in [-0.25, -0.2) is 14.3 Å². The lowest BCUT2D eigenvalue weighted by Crippen LogP contribution is -2.32. The van der Waals surface area contributed by atoms with Crippen molar-refractivity contribution in [2.24, 2.45) is 0 Å². The fourth-order valence-corrected chi connectivity index (χ4v) is 2.49. The van der Waals surface area contributed by atoms with Gasteiger partial charge in [-0.2, -0.15) is 5.10 Å². The molecule has 9 heteroatoms. The molecule has 1 N–H and O–H groups in total. The number of ether oxygens (including phenoxy) is 1. The van der Waals surface area contributed by atoms with Crippen LogP contribution in [0.2, 0.25) is 0 Å². The van der Waals surface area contributed by atoms with E-state index in [2.05, 4.69) is 20.5 Å². The number of amides is 1. The van der Waals surface area contributed by atoms with Crippen LogP contribution < -0.4 is 15.6 Å². The van der Waals surface area contributed by atoms with Crippen LogP contribution in [0.1, 0.15) is 12.0 Å². The first kappa shape index (κ1) is 18.3. The number of aryl methyl sites for hydroxylation is 1. The number of hydrogen-bond donors (Lipinski definition) is 1. The second-order valence-electron chi connectivity index (χ2n) is 5.79. The molecule has 140 valence electrons. The summed E-state index contributed by atoms with van der Waals surface area (Å²) in [6.07, 6.45) is 3.89. The lowest BCUT2D eigenvalue weighted by atomic mass is 10.1. The number of benzene rings is 1. The number of nitrogens with one attached hydrogen (secondary N) is 1. The van der Waals surface area contributed by atoms with Gasteiger partial charge in [-0.1, -0.05) is 12.1 Å². The average molecular weight is 368 g/mol. The van der Waals surface area contributed by atoms with Crippen LogP contribution in [0.15, 0.2) is 53.8 Å². The summed E-state index contributed by atoms with van der Waals surface area (Å²) >= 11 is 0. The topological polar surface area (TPSA) is 104 Å². The van der Waals surface area contributed by atoms with Gasteiger partial charge in [0.05, 0.1) is 13.7 Å². The number of nitrogens with zero attached hydrogens (tertiary/aromatic N) is 5. The summed E-state index contributed by atoms with van der Waals surface area (Å²) in [5.74, 6) is 1.19. The van der Waals surface area contributed by atoms with Gasteiger partial charge in [-0.15, -0.1) is 5.10 Å². The molecule has 0 unspecified atom stereocenters. The zero-order valence-corrected chi connectivity index (χ0v) is 14.9. The molecule has 0 atom stereocenters. The van der Waals surface area contributed by atoms with Gasteiger partial charge in [-0.05, 0) is 30.2 Å². The minimum atomic E-state index is -0.244. The summed E-state index contributed by atoms with van der Waals surface area (Å²) < 4.78 is 7.86. The average Bonchev–Trinajstić information content (AvgIpc) is 3.23. The molecule has 0 radical (unpaired) electrons. The van der Waals surface area contributed by atoms with E-state index >= 15 is 0 Å². The Morgan fingerprint density at radius 1 is 1.19 bits per heavy atom. The van der Waals surface area contributed by atoms with E-state index in [9.17, 15) is 9.59 Å². The van der Waals surface area contributed by atoms with Crippen molar-refractivity contribution in [2.75, 3.05) is 13.7 Å². The van der Waals surface area contributed by atoms with E-state index in [-0.39, 0.29) is 18.0 Å². The van der Waals surface area contributed by atoms with Crippen molar-refractivity contribution in [3.8, 4) is 11.6 Å². The summed E-state index contributed by atoms with van der Waals surface area (Å²) in [6.45, 7) is 0.588. The highest BCUT2D eigenvalue weighted by Gasteiger charge is 2.05. The Bertz CT molecular complexity index is 934. The summed E-state index contributed by atoms with van der Waals surface area (Å²) in [5, 5.41) is 11.0. The molecule has 3 rings (SSSR count). The standard InChI is InChI=1S/C18H20N6O3/c1-27-15-5-2-14(3-6-15)4-8-17(25)20-10-11-23-18(26)9-7-16(22-23)24-13-19-12-21-24/h2-3,5-7,9,12-13H,4,8,10-11H2,1H3,(H,20,25). The molecular formula is C18H20N6O3. The molecule has 0 spiro atoms.